The standard InChI is InChI=1S/C11H17N2O3/c14-8-10-5-11(15)7-12(10)6-9-1-3-13(16)4-2-9/h1-4,10-11,14-16H,5-8H2/q+1/t10-,11+/m0/s1. The first-order valence-corrected chi connectivity index (χ1v) is 5.41. The lowest BCUT2D eigenvalue weighted by atomic mass is 10.2. The Morgan fingerprint density at radius 3 is 2.69 bits per heavy atom. The van der Waals surface area contributed by atoms with Crippen LogP contribution >= 0.6 is 0 Å². The molecule has 2 atom stereocenters. The molecule has 0 aromatic carbocycles. The number of hydrogen-bond donors (Lipinski definition) is 3. The van der Waals surface area contributed by atoms with Gasteiger partial charge >= 0.3 is 0 Å². The third kappa shape index (κ3) is 2.49. The van der Waals surface area contributed by atoms with Crippen molar-refractivity contribution in [2.45, 2.75) is 25.1 Å². The van der Waals surface area contributed by atoms with E-state index in [2.05, 4.69) is 4.90 Å². The van der Waals surface area contributed by atoms with E-state index < -0.39 is 0 Å². The molecular formula is C11H17N2O3+. The maximum absolute atomic E-state index is 9.53. The first-order valence-electron chi connectivity index (χ1n) is 5.41. The highest BCUT2D eigenvalue weighted by Crippen LogP contribution is 2.19. The smallest absolute Gasteiger partial charge is 0.222 e. The predicted molar refractivity (Wildman–Crippen MR) is 55.7 cm³/mol. The van der Waals surface area contributed by atoms with Crippen LogP contribution in [0, 0.1) is 0 Å². The van der Waals surface area contributed by atoms with E-state index in [9.17, 15) is 10.2 Å². The molecule has 0 radical (unpaired) electrons. The summed E-state index contributed by atoms with van der Waals surface area (Å²) in [5.41, 5.74) is 1.05. The van der Waals surface area contributed by atoms with Gasteiger partial charge in [-0.2, -0.15) is 0 Å². The number of aromatic nitrogens is 1. The fourth-order valence-corrected chi connectivity index (χ4v) is 2.13. The van der Waals surface area contributed by atoms with Crippen molar-refractivity contribution in [2.75, 3.05) is 13.2 Å². The van der Waals surface area contributed by atoms with Crippen molar-refractivity contribution < 1.29 is 20.2 Å². The van der Waals surface area contributed by atoms with Gasteiger partial charge in [-0.3, -0.25) is 10.1 Å². The molecule has 0 saturated carbocycles. The number of nitrogens with zero attached hydrogens (tertiary/aromatic N) is 2. The van der Waals surface area contributed by atoms with E-state index in [0.717, 1.165) is 10.3 Å². The minimum absolute atomic E-state index is 0.0384. The molecule has 0 bridgehead atoms. The molecule has 1 saturated heterocycles. The van der Waals surface area contributed by atoms with E-state index in [4.69, 9.17) is 5.21 Å². The fraction of sp³-hybridized carbons (Fsp3) is 0.545. The number of pyridine rings is 1. The summed E-state index contributed by atoms with van der Waals surface area (Å²) in [6, 6.07) is 3.68. The van der Waals surface area contributed by atoms with E-state index >= 15 is 0 Å². The zero-order valence-corrected chi connectivity index (χ0v) is 9.03. The van der Waals surface area contributed by atoms with E-state index in [0.29, 0.717) is 19.5 Å². The topological polar surface area (TPSA) is 67.8 Å². The van der Waals surface area contributed by atoms with Gasteiger partial charge in [-0.05, 0) is 12.0 Å². The second kappa shape index (κ2) is 4.78. The summed E-state index contributed by atoms with van der Waals surface area (Å²) in [4.78, 5) is 2.06. The van der Waals surface area contributed by atoms with E-state index in [1.165, 1.54) is 0 Å². The van der Waals surface area contributed by atoms with Crippen molar-refractivity contribution in [2.24, 2.45) is 0 Å². The first-order chi connectivity index (χ1) is 7.69. The molecule has 3 N–H and O–H groups in total. The molecule has 1 fully saturated rings. The zero-order chi connectivity index (χ0) is 11.5. The molecule has 88 valence electrons. The number of likely N-dealkylation sites (tertiary alicyclic amines) is 1. The molecule has 0 amide bonds. The SMILES string of the molecule is OC[C@@H]1C[C@@H](O)CN1Cc1cc[n+](O)cc1. The van der Waals surface area contributed by atoms with Crippen LogP contribution in [0.3, 0.4) is 0 Å². The monoisotopic (exact) mass is 225 g/mol. The van der Waals surface area contributed by atoms with Crippen LogP contribution in [0.4, 0.5) is 0 Å². The molecule has 0 aliphatic carbocycles. The summed E-state index contributed by atoms with van der Waals surface area (Å²) in [5, 5.41) is 27.8. The van der Waals surface area contributed by atoms with Gasteiger partial charge < -0.3 is 10.2 Å². The van der Waals surface area contributed by atoms with E-state index in [1.807, 2.05) is 12.1 Å². The molecule has 16 heavy (non-hydrogen) atoms. The van der Waals surface area contributed by atoms with Crippen molar-refractivity contribution in [3.8, 4) is 0 Å². The van der Waals surface area contributed by atoms with Gasteiger partial charge in [0.1, 0.15) is 0 Å². The Labute approximate surface area is 94.1 Å². The molecule has 1 aromatic rings. The minimum atomic E-state index is -0.344. The first kappa shape index (κ1) is 11.3. The number of rotatable bonds is 3. The molecule has 5 heteroatoms. The van der Waals surface area contributed by atoms with Crippen LogP contribution in [0.1, 0.15) is 12.0 Å². The molecule has 5 nitrogen and oxygen atoms in total. The Kier molecular flexibility index (Phi) is 3.38. The van der Waals surface area contributed by atoms with Crippen LogP contribution in [0.25, 0.3) is 0 Å². The quantitative estimate of drug-likeness (QED) is 0.462. The summed E-state index contributed by atoms with van der Waals surface area (Å²) < 4.78 is 0.992. The summed E-state index contributed by atoms with van der Waals surface area (Å²) in [6.07, 6.45) is 3.41. The van der Waals surface area contributed by atoms with Crippen LogP contribution in [-0.4, -0.2) is 45.6 Å². The molecule has 0 unspecified atom stereocenters. The zero-order valence-electron chi connectivity index (χ0n) is 9.03. The maximum atomic E-state index is 9.53. The van der Waals surface area contributed by atoms with Gasteiger partial charge in [0.15, 0.2) is 0 Å². The number of hydrogen-bond acceptors (Lipinski definition) is 4. The van der Waals surface area contributed by atoms with Gasteiger partial charge in [-0.15, -0.1) is 0 Å². The van der Waals surface area contributed by atoms with Crippen LogP contribution in [0.15, 0.2) is 24.5 Å². The van der Waals surface area contributed by atoms with Crippen molar-refractivity contribution in [1.82, 2.24) is 4.90 Å². The van der Waals surface area contributed by atoms with Gasteiger partial charge in [0.25, 0.3) is 0 Å². The lowest BCUT2D eigenvalue weighted by Crippen LogP contribution is -2.33. The molecular weight excluding hydrogens is 208 g/mol. The van der Waals surface area contributed by atoms with E-state index in [-0.39, 0.29) is 18.8 Å². The van der Waals surface area contributed by atoms with Gasteiger partial charge in [-0.1, -0.05) is 0 Å². The predicted octanol–water partition coefficient (Wildman–Crippen LogP) is -0.861. The normalized spacial score (nSPS) is 26.1. The largest absolute Gasteiger partial charge is 0.395 e. The summed E-state index contributed by atoms with van der Waals surface area (Å²) in [5.74, 6) is 0. The highest BCUT2D eigenvalue weighted by Gasteiger charge is 2.30. The highest BCUT2D eigenvalue weighted by atomic mass is 16.5. The minimum Gasteiger partial charge on any atom is -0.395 e. The average molecular weight is 225 g/mol. The Morgan fingerprint density at radius 2 is 2.06 bits per heavy atom. The number of aliphatic hydroxyl groups excluding tert-OH is 2. The third-order valence-electron chi connectivity index (χ3n) is 2.98. The molecule has 1 aliphatic heterocycles. The van der Waals surface area contributed by atoms with Crippen molar-refractivity contribution in [3.05, 3.63) is 30.1 Å². The number of aliphatic hydroxyl groups is 2. The van der Waals surface area contributed by atoms with Gasteiger partial charge in [0.05, 0.1) is 12.7 Å². The lowest BCUT2D eigenvalue weighted by Gasteiger charge is -2.21. The Balaban J connectivity index is 2.01. The van der Waals surface area contributed by atoms with Gasteiger partial charge in [-0.25, -0.2) is 0 Å². The molecule has 2 rings (SSSR count). The Bertz CT molecular complexity index is 342. The van der Waals surface area contributed by atoms with E-state index in [1.54, 1.807) is 12.4 Å². The summed E-state index contributed by atoms with van der Waals surface area (Å²) in [6.45, 7) is 1.35. The summed E-state index contributed by atoms with van der Waals surface area (Å²) in [7, 11) is 0. The van der Waals surface area contributed by atoms with Crippen LogP contribution in [0.5, 0.6) is 0 Å². The van der Waals surface area contributed by atoms with Crippen LogP contribution in [-0.2, 0) is 6.54 Å². The second-order valence-corrected chi connectivity index (χ2v) is 4.24. The summed E-state index contributed by atoms with van der Waals surface area (Å²) >= 11 is 0. The molecule has 2 heterocycles. The van der Waals surface area contributed by atoms with Gasteiger partial charge in [0.2, 0.25) is 12.4 Å². The van der Waals surface area contributed by atoms with Crippen LogP contribution in [0.2, 0.25) is 0 Å². The van der Waals surface area contributed by atoms with Crippen molar-refractivity contribution >= 4 is 0 Å². The molecule has 1 aromatic heterocycles. The fourth-order valence-electron chi connectivity index (χ4n) is 2.13. The Morgan fingerprint density at radius 1 is 1.38 bits per heavy atom. The highest BCUT2D eigenvalue weighted by molar-refractivity contribution is 5.08. The van der Waals surface area contributed by atoms with Gasteiger partial charge in [0, 0.05) is 36.0 Å². The number of β-amino-alcohol motifs (C(OH)–C–C–N with tert-alkyl or cyclic N) is 1. The van der Waals surface area contributed by atoms with Crippen molar-refractivity contribution in [3.63, 3.8) is 0 Å². The molecule has 1 aliphatic rings. The Hall–Kier alpha value is -1.17. The average Bonchev–Trinajstić information content (AvgIpc) is 2.62. The second-order valence-electron chi connectivity index (χ2n) is 4.24. The van der Waals surface area contributed by atoms with Crippen molar-refractivity contribution in [1.29, 1.82) is 0 Å². The maximum Gasteiger partial charge on any atom is 0.222 e. The van der Waals surface area contributed by atoms with Crippen LogP contribution < -0.4 is 4.73 Å². The lowest BCUT2D eigenvalue weighted by molar-refractivity contribution is -0.904. The molecule has 0 spiro atoms. The third-order valence-corrected chi connectivity index (χ3v) is 2.98.